The van der Waals surface area contributed by atoms with E-state index in [1.54, 1.807) is 11.3 Å². The molecule has 2 rings (SSSR count). The van der Waals surface area contributed by atoms with E-state index in [1.807, 2.05) is 6.92 Å². The van der Waals surface area contributed by atoms with Crippen molar-refractivity contribution in [3.63, 3.8) is 0 Å². The molecule has 0 unspecified atom stereocenters. The van der Waals surface area contributed by atoms with Crippen LogP contribution in [0.1, 0.15) is 49.7 Å². The van der Waals surface area contributed by atoms with Crippen molar-refractivity contribution < 1.29 is 9.90 Å². The Morgan fingerprint density at radius 2 is 2.42 bits per heavy atom. The van der Waals surface area contributed by atoms with Crippen LogP contribution in [-0.4, -0.2) is 40.1 Å². The van der Waals surface area contributed by atoms with Gasteiger partial charge in [-0.05, 0) is 32.2 Å². The standard InChI is InChI=1S/C14H22N2O2S/c1-3-11-9-19-13(15-11)10-6-5-7-16(8-10)12(4-2)14(17)18/h9-10,12H,3-8H2,1-2H3,(H,17,18)/t10-,12+/m1/s1. The Labute approximate surface area is 118 Å². The molecule has 0 saturated carbocycles. The molecule has 1 aromatic heterocycles. The Morgan fingerprint density at radius 1 is 1.63 bits per heavy atom. The number of aliphatic carboxylic acids is 1. The minimum Gasteiger partial charge on any atom is -0.480 e. The van der Waals surface area contributed by atoms with Crippen LogP contribution >= 0.6 is 11.3 Å². The molecule has 0 aromatic carbocycles. The summed E-state index contributed by atoms with van der Waals surface area (Å²) in [5.74, 6) is -0.288. The summed E-state index contributed by atoms with van der Waals surface area (Å²) < 4.78 is 0. The number of carboxylic acids is 1. The van der Waals surface area contributed by atoms with Crippen LogP contribution in [0.2, 0.25) is 0 Å². The lowest BCUT2D eigenvalue weighted by Gasteiger charge is -2.35. The molecule has 0 aliphatic carbocycles. The van der Waals surface area contributed by atoms with Gasteiger partial charge < -0.3 is 5.11 Å². The minimum absolute atomic E-state index is 0.339. The zero-order valence-electron chi connectivity index (χ0n) is 11.6. The Morgan fingerprint density at radius 3 is 3.00 bits per heavy atom. The van der Waals surface area contributed by atoms with E-state index in [4.69, 9.17) is 0 Å². The molecule has 2 atom stereocenters. The van der Waals surface area contributed by atoms with Gasteiger partial charge in [0.05, 0.1) is 10.7 Å². The van der Waals surface area contributed by atoms with E-state index >= 15 is 0 Å². The van der Waals surface area contributed by atoms with Crippen LogP contribution in [0.3, 0.4) is 0 Å². The van der Waals surface area contributed by atoms with Crippen LogP contribution in [0.5, 0.6) is 0 Å². The van der Waals surface area contributed by atoms with Crippen molar-refractivity contribution in [2.24, 2.45) is 0 Å². The highest BCUT2D eigenvalue weighted by atomic mass is 32.1. The first kappa shape index (κ1) is 14.5. The van der Waals surface area contributed by atoms with E-state index in [9.17, 15) is 9.90 Å². The zero-order valence-corrected chi connectivity index (χ0v) is 12.4. The van der Waals surface area contributed by atoms with Crippen molar-refractivity contribution in [2.75, 3.05) is 13.1 Å². The van der Waals surface area contributed by atoms with Gasteiger partial charge in [0.2, 0.25) is 0 Å². The third kappa shape index (κ3) is 3.34. The highest BCUT2D eigenvalue weighted by Gasteiger charge is 2.30. The predicted molar refractivity (Wildman–Crippen MR) is 76.8 cm³/mol. The molecule has 19 heavy (non-hydrogen) atoms. The summed E-state index contributed by atoms with van der Waals surface area (Å²) in [5, 5.41) is 12.6. The number of aromatic nitrogens is 1. The Hall–Kier alpha value is -0.940. The first-order valence-corrected chi connectivity index (χ1v) is 7.94. The number of aryl methyl sites for hydroxylation is 1. The monoisotopic (exact) mass is 282 g/mol. The van der Waals surface area contributed by atoms with Crippen molar-refractivity contribution >= 4 is 17.3 Å². The van der Waals surface area contributed by atoms with Crippen LogP contribution in [0.15, 0.2) is 5.38 Å². The molecule has 0 amide bonds. The first-order chi connectivity index (χ1) is 9.15. The fourth-order valence-electron chi connectivity index (χ4n) is 2.75. The first-order valence-electron chi connectivity index (χ1n) is 7.06. The molecule has 1 aromatic rings. The molecule has 1 aliphatic rings. The summed E-state index contributed by atoms with van der Waals surface area (Å²) in [4.78, 5) is 18.0. The van der Waals surface area contributed by atoms with Crippen molar-refractivity contribution in [1.29, 1.82) is 0 Å². The van der Waals surface area contributed by atoms with E-state index in [0.29, 0.717) is 12.3 Å². The lowest BCUT2D eigenvalue weighted by molar-refractivity contribution is -0.144. The number of hydrogen-bond acceptors (Lipinski definition) is 4. The number of likely N-dealkylation sites (tertiary alicyclic amines) is 1. The van der Waals surface area contributed by atoms with Crippen molar-refractivity contribution in [1.82, 2.24) is 9.88 Å². The van der Waals surface area contributed by atoms with Crippen molar-refractivity contribution in [3.05, 3.63) is 16.1 Å². The summed E-state index contributed by atoms with van der Waals surface area (Å²) in [7, 11) is 0. The van der Waals surface area contributed by atoms with Gasteiger partial charge in [-0.25, -0.2) is 4.98 Å². The quantitative estimate of drug-likeness (QED) is 0.902. The summed E-state index contributed by atoms with van der Waals surface area (Å²) in [6.07, 6.45) is 3.83. The van der Waals surface area contributed by atoms with Gasteiger partial charge in [-0.1, -0.05) is 13.8 Å². The molecule has 5 heteroatoms. The number of hydrogen-bond donors (Lipinski definition) is 1. The van der Waals surface area contributed by atoms with Gasteiger partial charge in [0.25, 0.3) is 0 Å². The molecule has 0 spiro atoms. The van der Waals surface area contributed by atoms with Gasteiger partial charge in [0, 0.05) is 17.8 Å². The van der Waals surface area contributed by atoms with E-state index in [1.165, 1.54) is 5.01 Å². The zero-order chi connectivity index (χ0) is 13.8. The number of rotatable bonds is 5. The molecule has 1 saturated heterocycles. The smallest absolute Gasteiger partial charge is 0.320 e. The van der Waals surface area contributed by atoms with Gasteiger partial charge in [0.1, 0.15) is 6.04 Å². The number of carboxylic acid groups (broad SMARTS) is 1. The number of nitrogens with zero attached hydrogens (tertiary/aromatic N) is 2. The van der Waals surface area contributed by atoms with Crippen LogP contribution in [-0.2, 0) is 11.2 Å². The molecule has 2 heterocycles. The molecular weight excluding hydrogens is 260 g/mol. The van der Waals surface area contributed by atoms with Gasteiger partial charge in [-0.2, -0.15) is 0 Å². The summed E-state index contributed by atoms with van der Waals surface area (Å²) in [6.45, 7) is 5.79. The fourth-order valence-corrected chi connectivity index (χ4v) is 3.78. The Bertz CT molecular complexity index is 433. The van der Waals surface area contributed by atoms with Gasteiger partial charge >= 0.3 is 5.97 Å². The second kappa shape index (κ2) is 6.48. The summed E-state index contributed by atoms with van der Waals surface area (Å²) in [6, 6.07) is -0.339. The SMILES string of the molecule is CCc1csc([C@@H]2CCCN([C@@H](CC)C(=O)O)C2)n1. The molecular formula is C14H22N2O2S. The van der Waals surface area contributed by atoms with Crippen LogP contribution in [0.4, 0.5) is 0 Å². The lowest BCUT2D eigenvalue weighted by Crippen LogP contribution is -2.45. The van der Waals surface area contributed by atoms with Gasteiger partial charge in [-0.15, -0.1) is 11.3 Å². The molecule has 1 aliphatic heterocycles. The highest BCUT2D eigenvalue weighted by molar-refractivity contribution is 7.09. The van der Waals surface area contributed by atoms with Crippen molar-refractivity contribution in [3.8, 4) is 0 Å². The van der Waals surface area contributed by atoms with Crippen LogP contribution < -0.4 is 0 Å². The van der Waals surface area contributed by atoms with Crippen LogP contribution in [0.25, 0.3) is 0 Å². The molecule has 1 fully saturated rings. The maximum atomic E-state index is 11.3. The molecule has 0 radical (unpaired) electrons. The number of thiazole rings is 1. The van der Waals surface area contributed by atoms with E-state index in [2.05, 4.69) is 22.2 Å². The third-order valence-corrected chi connectivity index (χ3v) is 4.90. The topological polar surface area (TPSA) is 53.4 Å². The maximum Gasteiger partial charge on any atom is 0.320 e. The average molecular weight is 282 g/mol. The fraction of sp³-hybridized carbons (Fsp3) is 0.714. The number of piperidine rings is 1. The predicted octanol–water partition coefficient (Wildman–Crippen LogP) is 2.75. The van der Waals surface area contributed by atoms with Gasteiger partial charge in [-0.3, -0.25) is 9.69 Å². The molecule has 1 N–H and O–H groups in total. The third-order valence-electron chi connectivity index (χ3n) is 3.85. The second-order valence-electron chi connectivity index (χ2n) is 5.13. The molecule has 0 bridgehead atoms. The van der Waals surface area contributed by atoms with E-state index in [-0.39, 0.29) is 6.04 Å². The Kier molecular flexibility index (Phi) is 4.93. The minimum atomic E-state index is -0.698. The summed E-state index contributed by atoms with van der Waals surface area (Å²) >= 11 is 1.73. The van der Waals surface area contributed by atoms with E-state index in [0.717, 1.165) is 38.0 Å². The normalized spacial score (nSPS) is 22.3. The van der Waals surface area contributed by atoms with Crippen LogP contribution in [0, 0.1) is 0 Å². The highest BCUT2D eigenvalue weighted by Crippen LogP contribution is 2.30. The molecule has 4 nitrogen and oxygen atoms in total. The maximum absolute atomic E-state index is 11.3. The molecule has 106 valence electrons. The average Bonchev–Trinajstić information content (AvgIpc) is 2.88. The van der Waals surface area contributed by atoms with Gasteiger partial charge in [0.15, 0.2) is 0 Å². The second-order valence-corrected chi connectivity index (χ2v) is 6.02. The van der Waals surface area contributed by atoms with Crippen molar-refractivity contribution in [2.45, 2.75) is 51.5 Å². The largest absolute Gasteiger partial charge is 0.480 e. The number of carbonyl (C=O) groups is 1. The lowest BCUT2D eigenvalue weighted by atomic mass is 9.96. The Balaban J connectivity index is 2.06. The van der Waals surface area contributed by atoms with E-state index < -0.39 is 5.97 Å². The summed E-state index contributed by atoms with van der Waals surface area (Å²) in [5.41, 5.74) is 1.15.